The Kier molecular flexibility index (Phi) is 5.64. The van der Waals surface area contributed by atoms with Crippen LogP contribution < -0.4 is 10.1 Å². The van der Waals surface area contributed by atoms with Crippen molar-refractivity contribution in [2.45, 2.75) is 19.5 Å². The standard InChI is InChI=1S/C16H17Br2NO/c1-11(12-4-3-5-14(17)8-12)19-10-13-9-15(18)6-7-16(13)20-2/h3-9,11,19H,10H2,1-2H3/t11-/m0/s1. The summed E-state index contributed by atoms with van der Waals surface area (Å²) in [6, 6.07) is 14.7. The van der Waals surface area contributed by atoms with Crippen LogP contribution in [0.5, 0.6) is 5.75 Å². The van der Waals surface area contributed by atoms with E-state index in [4.69, 9.17) is 4.74 Å². The first-order chi connectivity index (χ1) is 9.60. The molecule has 0 aliphatic heterocycles. The number of hydrogen-bond donors (Lipinski definition) is 1. The van der Waals surface area contributed by atoms with Gasteiger partial charge in [-0.3, -0.25) is 0 Å². The van der Waals surface area contributed by atoms with Crippen molar-refractivity contribution in [2.75, 3.05) is 7.11 Å². The predicted molar refractivity (Wildman–Crippen MR) is 90.1 cm³/mol. The van der Waals surface area contributed by atoms with Gasteiger partial charge in [-0.25, -0.2) is 0 Å². The normalized spacial score (nSPS) is 12.2. The van der Waals surface area contributed by atoms with Gasteiger partial charge >= 0.3 is 0 Å². The minimum absolute atomic E-state index is 0.274. The van der Waals surface area contributed by atoms with Gasteiger partial charge in [0.25, 0.3) is 0 Å². The Balaban J connectivity index is 2.06. The van der Waals surface area contributed by atoms with Gasteiger partial charge < -0.3 is 10.1 Å². The summed E-state index contributed by atoms with van der Waals surface area (Å²) in [6.45, 7) is 2.92. The summed E-state index contributed by atoms with van der Waals surface area (Å²) in [6.07, 6.45) is 0. The molecule has 106 valence electrons. The maximum Gasteiger partial charge on any atom is 0.123 e. The van der Waals surface area contributed by atoms with E-state index < -0.39 is 0 Å². The molecule has 0 heterocycles. The molecule has 4 heteroatoms. The largest absolute Gasteiger partial charge is 0.496 e. The number of nitrogens with one attached hydrogen (secondary N) is 1. The first kappa shape index (κ1) is 15.5. The molecule has 0 radical (unpaired) electrons. The van der Waals surface area contributed by atoms with Gasteiger partial charge in [0.1, 0.15) is 5.75 Å². The quantitative estimate of drug-likeness (QED) is 0.758. The Morgan fingerprint density at radius 2 is 1.85 bits per heavy atom. The molecule has 20 heavy (non-hydrogen) atoms. The average molecular weight is 399 g/mol. The van der Waals surface area contributed by atoms with E-state index in [9.17, 15) is 0 Å². The maximum atomic E-state index is 5.39. The molecule has 1 N–H and O–H groups in total. The number of methoxy groups -OCH3 is 1. The lowest BCUT2D eigenvalue weighted by Crippen LogP contribution is -2.18. The third kappa shape index (κ3) is 4.08. The lowest BCUT2D eigenvalue weighted by Gasteiger charge is -2.16. The zero-order valence-corrected chi connectivity index (χ0v) is 14.7. The molecule has 0 aliphatic carbocycles. The van der Waals surface area contributed by atoms with Gasteiger partial charge in [-0.2, -0.15) is 0 Å². The summed E-state index contributed by atoms with van der Waals surface area (Å²) in [7, 11) is 1.70. The number of benzene rings is 2. The first-order valence-corrected chi connectivity index (χ1v) is 8.00. The van der Waals surface area contributed by atoms with E-state index in [0.717, 1.165) is 26.8 Å². The fraction of sp³-hybridized carbons (Fsp3) is 0.250. The fourth-order valence-electron chi connectivity index (χ4n) is 2.04. The molecule has 0 spiro atoms. The second-order valence-electron chi connectivity index (χ2n) is 4.61. The van der Waals surface area contributed by atoms with Gasteiger partial charge in [-0.15, -0.1) is 0 Å². The molecular formula is C16H17Br2NO. The smallest absolute Gasteiger partial charge is 0.123 e. The molecule has 0 saturated carbocycles. The molecule has 0 aromatic heterocycles. The molecule has 2 nitrogen and oxygen atoms in total. The highest BCUT2D eigenvalue weighted by molar-refractivity contribution is 9.10. The van der Waals surface area contributed by atoms with Crippen LogP contribution in [0.25, 0.3) is 0 Å². The van der Waals surface area contributed by atoms with Crippen LogP contribution >= 0.6 is 31.9 Å². The molecule has 2 aromatic carbocycles. The summed E-state index contributed by atoms with van der Waals surface area (Å²) in [4.78, 5) is 0. The number of hydrogen-bond acceptors (Lipinski definition) is 2. The summed E-state index contributed by atoms with van der Waals surface area (Å²) < 4.78 is 7.55. The van der Waals surface area contributed by atoms with Crippen LogP contribution in [0.3, 0.4) is 0 Å². The highest BCUT2D eigenvalue weighted by Crippen LogP contribution is 2.24. The molecule has 0 unspecified atom stereocenters. The van der Waals surface area contributed by atoms with Gasteiger partial charge in [0.05, 0.1) is 7.11 Å². The van der Waals surface area contributed by atoms with Gasteiger partial charge in [0.15, 0.2) is 0 Å². The molecule has 2 rings (SSSR count). The van der Waals surface area contributed by atoms with Crippen molar-refractivity contribution in [2.24, 2.45) is 0 Å². The second-order valence-corrected chi connectivity index (χ2v) is 6.45. The minimum atomic E-state index is 0.274. The van der Waals surface area contributed by atoms with Crippen LogP contribution in [0.1, 0.15) is 24.1 Å². The van der Waals surface area contributed by atoms with Crippen molar-refractivity contribution in [3.05, 3.63) is 62.5 Å². The lowest BCUT2D eigenvalue weighted by atomic mass is 10.1. The molecule has 0 bridgehead atoms. The van der Waals surface area contributed by atoms with Crippen molar-refractivity contribution < 1.29 is 4.74 Å². The third-order valence-corrected chi connectivity index (χ3v) is 4.18. The monoisotopic (exact) mass is 397 g/mol. The number of rotatable bonds is 5. The lowest BCUT2D eigenvalue weighted by molar-refractivity contribution is 0.406. The third-order valence-electron chi connectivity index (χ3n) is 3.19. The van der Waals surface area contributed by atoms with E-state index in [1.807, 2.05) is 18.2 Å². The fourth-order valence-corrected chi connectivity index (χ4v) is 2.87. The van der Waals surface area contributed by atoms with Gasteiger partial charge in [-0.1, -0.05) is 44.0 Å². The van der Waals surface area contributed by atoms with Crippen LogP contribution in [0, 0.1) is 0 Å². The van der Waals surface area contributed by atoms with Crippen molar-refractivity contribution in [1.82, 2.24) is 5.32 Å². The van der Waals surface area contributed by atoms with E-state index in [-0.39, 0.29) is 6.04 Å². The maximum absolute atomic E-state index is 5.39. The van der Waals surface area contributed by atoms with E-state index in [1.54, 1.807) is 7.11 Å². The van der Waals surface area contributed by atoms with Crippen molar-refractivity contribution in [3.8, 4) is 5.75 Å². The highest BCUT2D eigenvalue weighted by atomic mass is 79.9. The Morgan fingerprint density at radius 3 is 2.55 bits per heavy atom. The molecule has 1 atom stereocenters. The zero-order chi connectivity index (χ0) is 14.5. The topological polar surface area (TPSA) is 21.3 Å². The summed E-state index contributed by atoms with van der Waals surface area (Å²) in [5.74, 6) is 0.905. The number of halogens is 2. The van der Waals surface area contributed by atoms with Crippen LogP contribution in [-0.4, -0.2) is 7.11 Å². The van der Waals surface area contributed by atoms with E-state index in [2.05, 4.69) is 68.4 Å². The van der Waals surface area contributed by atoms with Crippen molar-refractivity contribution in [3.63, 3.8) is 0 Å². The molecule has 0 fully saturated rings. The van der Waals surface area contributed by atoms with Gasteiger partial charge in [-0.05, 0) is 42.8 Å². The Morgan fingerprint density at radius 1 is 1.10 bits per heavy atom. The molecule has 2 aromatic rings. The summed E-state index contributed by atoms with van der Waals surface area (Å²) >= 11 is 7.00. The van der Waals surface area contributed by atoms with E-state index in [1.165, 1.54) is 5.56 Å². The van der Waals surface area contributed by atoms with Crippen LogP contribution in [0.2, 0.25) is 0 Å². The van der Waals surface area contributed by atoms with Crippen LogP contribution in [0.4, 0.5) is 0 Å². The first-order valence-electron chi connectivity index (χ1n) is 6.41. The molecule has 0 aliphatic rings. The van der Waals surface area contributed by atoms with Crippen molar-refractivity contribution in [1.29, 1.82) is 0 Å². The van der Waals surface area contributed by atoms with E-state index in [0.29, 0.717) is 0 Å². The van der Waals surface area contributed by atoms with Crippen LogP contribution in [0.15, 0.2) is 51.4 Å². The minimum Gasteiger partial charge on any atom is -0.496 e. The summed E-state index contributed by atoms with van der Waals surface area (Å²) in [5, 5.41) is 3.52. The van der Waals surface area contributed by atoms with E-state index >= 15 is 0 Å². The highest BCUT2D eigenvalue weighted by Gasteiger charge is 2.08. The van der Waals surface area contributed by atoms with Crippen molar-refractivity contribution >= 4 is 31.9 Å². The molecule has 0 amide bonds. The van der Waals surface area contributed by atoms with Gasteiger partial charge in [0, 0.05) is 27.1 Å². The molecule has 0 saturated heterocycles. The number of ether oxygens (including phenoxy) is 1. The Labute approximate surface area is 136 Å². The summed E-state index contributed by atoms with van der Waals surface area (Å²) in [5.41, 5.74) is 2.40. The van der Waals surface area contributed by atoms with Crippen LogP contribution in [-0.2, 0) is 6.54 Å². The Hall–Kier alpha value is -0.840. The average Bonchev–Trinajstić information content (AvgIpc) is 2.45. The second kappa shape index (κ2) is 7.25. The SMILES string of the molecule is COc1ccc(Br)cc1CN[C@@H](C)c1cccc(Br)c1. The Bertz CT molecular complexity index is 586. The van der Waals surface area contributed by atoms with Gasteiger partial charge in [0.2, 0.25) is 0 Å². The zero-order valence-electron chi connectivity index (χ0n) is 11.5. The molecular weight excluding hydrogens is 382 g/mol. The predicted octanol–water partition coefficient (Wildman–Crippen LogP) is 5.07.